The van der Waals surface area contributed by atoms with Crippen LogP contribution in [0, 0.1) is 0 Å². The van der Waals surface area contributed by atoms with Crippen LogP contribution in [0.5, 0.6) is 11.5 Å². The molecule has 0 saturated heterocycles. The van der Waals surface area contributed by atoms with E-state index in [0.717, 1.165) is 5.69 Å². The molecule has 0 radical (unpaired) electrons. The van der Waals surface area contributed by atoms with Crippen molar-refractivity contribution in [1.82, 2.24) is 9.78 Å². The number of benzene rings is 1. The number of hydrogen-bond donors (Lipinski definition) is 2. The van der Waals surface area contributed by atoms with Gasteiger partial charge in [-0.15, -0.1) is 0 Å². The highest BCUT2D eigenvalue weighted by atomic mass is 16.5. The Balaban J connectivity index is 2.10. The molecule has 0 bridgehead atoms. The second kappa shape index (κ2) is 5.00. The summed E-state index contributed by atoms with van der Waals surface area (Å²) in [6.45, 7) is 4.43. The summed E-state index contributed by atoms with van der Waals surface area (Å²) in [5.41, 5.74) is 6.59. The van der Waals surface area contributed by atoms with Gasteiger partial charge in [0, 0.05) is 18.2 Å². The third kappa shape index (κ3) is 2.74. The van der Waals surface area contributed by atoms with Crippen LogP contribution >= 0.6 is 0 Å². The van der Waals surface area contributed by atoms with Gasteiger partial charge in [0.15, 0.2) is 0 Å². The van der Waals surface area contributed by atoms with Crippen molar-refractivity contribution < 1.29 is 9.84 Å². The van der Waals surface area contributed by atoms with Gasteiger partial charge in [-0.3, -0.25) is 4.68 Å². The van der Waals surface area contributed by atoms with Gasteiger partial charge in [0.05, 0.1) is 5.69 Å². The summed E-state index contributed by atoms with van der Waals surface area (Å²) in [5, 5.41) is 13.5. The summed E-state index contributed by atoms with van der Waals surface area (Å²) >= 11 is 0. The van der Waals surface area contributed by atoms with Gasteiger partial charge in [0.25, 0.3) is 0 Å². The number of nitrogens with zero attached hydrogens (tertiary/aromatic N) is 2. The van der Waals surface area contributed by atoms with Crippen molar-refractivity contribution in [2.75, 3.05) is 5.73 Å². The highest BCUT2D eigenvalue weighted by molar-refractivity contribution is 5.33. The molecule has 0 fully saturated rings. The second-order valence-corrected chi connectivity index (χ2v) is 4.38. The monoisotopic (exact) mass is 247 g/mol. The molecule has 0 saturated carbocycles. The molecule has 0 atom stereocenters. The minimum atomic E-state index is 0.185. The van der Waals surface area contributed by atoms with Gasteiger partial charge >= 0.3 is 0 Å². The maximum Gasteiger partial charge on any atom is 0.145 e. The molecule has 0 spiro atoms. The fourth-order valence-electron chi connectivity index (χ4n) is 1.74. The smallest absolute Gasteiger partial charge is 0.145 e. The van der Waals surface area contributed by atoms with Crippen LogP contribution in [-0.2, 0) is 6.61 Å². The molecule has 0 aliphatic carbocycles. The predicted octanol–water partition coefficient (Wildman–Crippen LogP) is 2.33. The molecule has 3 N–H and O–H groups in total. The van der Waals surface area contributed by atoms with Crippen molar-refractivity contribution in [2.45, 2.75) is 26.5 Å². The molecule has 1 aromatic heterocycles. The lowest BCUT2D eigenvalue weighted by molar-refractivity contribution is 0.286. The van der Waals surface area contributed by atoms with E-state index in [1.807, 2.05) is 18.5 Å². The Kier molecular flexibility index (Phi) is 3.41. The van der Waals surface area contributed by atoms with Crippen LogP contribution < -0.4 is 10.5 Å². The van der Waals surface area contributed by atoms with Crippen LogP contribution in [0.4, 0.5) is 5.82 Å². The molecule has 2 rings (SSSR count). The first-order valence-corrected chi connectivity index (χ1v) is 5.82. The van der Waals surface area contributed by atoms with Gasteiger partial charge in [-0.2, -0.15) is 5.10 Å². The standard InChI is InChI=1S/C13H17N3O2/c1-9(2)16-10(6-13(14)15-16)8-18-12-5-3-4-11(17)7-12/h3-7,9,17H,8H2,1-2H3,(H2,14,15). The van der Waals surface area contributed by atoms with E-state index < -0.39 is 0 Å². The number of phenols is 1. The number of nitrogens with two attached hydrogens (primary N) is 1. The second-order valence-electron chi connectivity index (χ2n) is 4.38. The molecule has 18 heavy (non-hydrogen) atoms. The highest BCUT2D eigenvalue weighted by Crippen LogP contribution is 2.20. The summed E-state index contributed by atoms with van der Waals surface area (Å²) in [4.78, 5) is 0. The first-order chi connectivity index (χ1) is 8.56. The van der Waals surface area contributed by atoms with Gasteiger partial charge < -0.3 is 15.6 Å². The van der Waals surface area contributed by atoms with Gasteiger partial charge in [0.1, 0.15) is 23.9 Å². The average molecular weight is 247 g/mol. The lowest BCUT2D eigenvalue weighted by Gasteiger charge is -2.11. The first kappa shape index (κ1) is 12.3. The Morgan fingerprint density at radius 1 is 1.39 bits per heavy atom. The largest absolute Gasteiger partial charge is 0.508 e. The molecule has 2 aromatic rings. The number of phenolic OH excluding ortho intramolecular Hbond substituents is 1. The summed E-state index contributed by atoms with van der Waals surface area (Å²) in [7, 11) is 0. The van der Waals surface area contributed by atoms with E-state index in [4.69, 9.17) is 10.5 Å². The van der Waals surface area contributed by atoms with Crippen LogP contribution in [0.15, 0.2) is 30.3 Å². The molecule has 0 unspecified atom stereocenters. The normalized spacial score (nSPS) is 10.8. The Bertz CT molecular complexity index is 535. The van der Waals surface area contributed by atoms with Crippen molar-refractivity contribution in [3.63, 3.8) is 0 Å². The van der Waals surface area contributed by atoms with E-state index in [0.29, 0.717) is 18.2 Å². The lowest BCUT2D eigenvalue weighted by atomic mass is 10.3. The molecule has 96 valence electrons. The average Bonchev–Trinajstić information content (AvgIpc) is 2.68. The van der Waals surface area contributed by atoms with Crippen molar-refractivity contribution in [3.05, 3.63) is 36.0 Å². The number of aromatic nitrogens is 2. The van der Waals surface area contributed by atoms with Crippen LogP contribution in [0.2, 0.25) is 0 Å². The van der Waals surface area contributed by atoms with Gasteiger partial charge in [-0.05, 0) is 26.0 Å². The number of nitrogen functional groups attached to an aromatic ring is 1. The van der Waals surface area contributed by atoms with Crippen LogP contribution in [0.1, 0.15) is 25.6 Å². The number of anilines is 1. The van der Waals surface area contributed by atoms with Gasteiger partial charge in [-0.25, -0.2) is 0 Å². The molecule has 0 aliphatic rings. The van der Waals surface area contributed by atoms with Crippen LogP contribution in [0.25, 0.3) is 0 Å². The summed E-state index contributed by atoms with van der Waals surface area (Å²) in [6.07, 6.45) is 0. The lowest BCUT2D eigenvalue weighted by Crippen LogP contribution is -2.10. The highest BCUT2D eigenvalue weighted by Gasteiger charge is 2.09. The maximum absolute atomic E-state index is 9.34. The van der Waals surface area contributed by atoms with Crippen molar-refractivity contribution >= 4 is 5.82 Å². The summed E-state index contributed by atoms with van der Waals surface area (Å²) < 4.78 is 7.43. The van der Waals surface area contributed by atoms with Crippen molar-refractivity contribution in [2.24, 2.45) is 0 Å². The SMILES string of the molecule is CC(C)n1nc(N)cc1COc1cccc(O)c1. The topological polar surface area (TPSA) is 73.3 Å². The predicted molar refractivity (Wildman–Crippen MR) is 69.5 cm³/mol. The Hall–Kier alpha value is -2.17. The summed E-state index contributed by atoms with van der Waals surface area (Å²) in [6, 6.07) is 8.72. The molecule has 5 heteroatoms. The molecule has 5 nitrogen and oxygen atoms in total. The van der Waals surface area contributed by atoms with Crippen LogP contribution in [-0.4, -0.2) is 14.9 Å². The Morgan fingerprint density at radius 3 is 2.83 bits per heavy atom. The zero-order valence-corrected chi connectivity index (χ0v) is 10.5. The maximum atomic E-state index is 9.34. The number of hydrogen-bond acceptors (Lipinski definition) is 4. The zero-order valence-electron chi connectivity index (χ0n) is 10.5. The van der Waals surface area contributed by atoms with E-state index in [-0.39, 0.29) is 11.8 Å². The number of ether oxygens (including phenoxy) is 1. The quantitative estimate of drug-likeness (QED) is 0.869. The molecular formula is C13H17N3O2. The fraction of sp³-hybridized carbons (Fsp3) is 0.308. The number of rotatable bonds is 4. The van der Waals surface area contributed by atoms with E-state index >= 15 is 0 Å². The van der Waals surface area contributed by atoms with E-state index in [1.165, 1.54) is 0 Å². The molecule has 0 aliphatic heterocycles. The third-order valence-electron chi connectivity index (χ3n) is 2.53. The van der Waals surface area contributed by atoms with E-state index in [1.54, 1.807) is 30.3 Å². The third-order valence-corrected chi connectivity index (χ3v) is 2.53. The zero-order chi connectivity index (χ0) is 13.1. The van der Waals surface area contributed by atoms with Crippen LogP contribution in [0.3, 0.4) is 0 Å². The van der Waals surface area contributed by atoms with Crippen molar-refractivity contribution in [1.29, 1.82) is 0 Å². The molecule has 1 aromatic carbocycles. The molecular weight excluding hydrogens is 230 g/mol. The van der Waals surface area contributed by atoms with E-state index in [9.17, 15) is 5.11 Å². The van der Waals surface area contributed by atoms with Crippen molar-refractivity contribution in [3.8, 4) is 11.5 Å². The first-order valence-electron chi connectivity index (χ1n) is 5.82. The minimum absolute atomic E-state index is 0.185. The van der Waals surface area contributed by atoms with Gasteiger partial charge in [-0.1, -0.05) is 6.07 Å². The fourth-order valence-corrected chi connectivity index (χ4v) is 1.74. The summed E-state index contributed by atoms with van der Waals surface area (Å²) in [5.74, 6) is 1.28. The van der Waals surface area contributed by atoms with E-state index in [2.05, 4.69) is 5.10 Å². The Labute approximate surface area is 106 Å². The van der Waals surface area contributed by atoms with Gasteiger partial charge in [0.2, 0.25) is 0 Å². The molecule has 1 heterocycles. The molecule has 0 amide bonds. The Morgan fingerprint density at radius 2 is 2.17 bits per heavy atom. The number of aromatic hydroxyl groups is 1. The minimum Gasteiger partial charge on any atom is -0.508 e.